The lowest BCUT2D eigenvalue weighted by Crippen LogP contribution is -2.65. The van der Waals surface area contributed by atoms with Crippen molar-refractivity contribution in [2.75, 3.05) is 20.3 Å². The molecule has 17 bridgehead atoms. The number of aliphatic carboxylic acids is 1. The molecule has 0 radical (unpaired) electrons. The first-order chi connectivity index (χ1) is 60.3. The van der Waals surface area contributed by atoms with Gasteiger partial charge in [0.15, 0.2) is 29.0 Å². The SMILES string of the molecule is CC(C)CCCCCCCC(=O)N[C@H]1[C@H](Oc2c3cc4cc2Oc2ccc(cc2Cl)[C@@H](O)[C@@H]2NC(=O)[C@H](NC(=O)[C@@H]4NC(=O)[C@H]4NC(=O)[C@@H](Cc5ccc(cc5)O3)NC(=O)[C@H](N(C)C(=O)OC(C)(C)C)c3ccc(O)c(c3)Oc3cc(O)c(Cl)c4c3)c3ccc(O)c(c3)-c3c(O[C@H]4O[C@H](CO)[C@@H](O)[C@H](O)[C@@H]4O)cc(O)cc3[C@H](C(=O)O)NC2=O)O[C@H](CO)[C@@H](O)[C@@H]1O. The number of hydrogen-bond donors (Lipinski definition) is 20. The number of aliphatic hydroxyl groups is 8. The molecule has 2 fully saturated rings. The van der Waals surface area contributed by atoms with Gasteiger partial charge < -0.3 is 141 Å². The normalized spacial score (nSPS) is 26.0. The van der Waals surface area contributed by atoms with Crippen molar-refractivity contribution in [3.05, 3.63) is 164 Å². The lowest BCUT2D eigenvalue weighted by atomic mass is 9.89. The summed E-state index contributed by atoms with van der Waals surface area (Å²) >= 11 is 14.3. The van der Waals surface area contributed by atoms with Gasteiger partial charge in [-0.15, -0.1) is 0 Å². The molecule has 0 saturated carbocycles. The summed E-state index contributed by atoms with van der Waals surface area (Å²) in [6, 6.07) is 3.70. The first-order valence-electron chi connectivity index (χ1n) is 40.7. The van der Waals surface area contributed by atoms with E-state index in [0.717, 1.165) is 109 Å². The van der Waals surface area contributed by atoms with Gasteiger partial charge in [0.05, 0.1) is 23.3 Å². The predicted molar refractivity (Wildman–Crippen MR) is 443 cm³/mol. The van der Waals surface area contributed by atoms with E-state index in [4.69, 9.17) is 61.1 Å². The Morgan fingerprint density at radius 3 is 1.83 bits per heavy atom. The predicted octanol–water partition coefficient (Wildman–Crippen LogP) is 5.35. The summed E-state index contributed by atoms with van der Waals surface area (Å²) in [4.78, 5) is 139. The van der Waals surface area contributed by atoms with Gasteiger partial charge in [0.1, 0.15) is 137 Å². The number of halogens is 2. The fraction of sp³-hybridized carbons (Fsp3) is 0.414. The minimum absolute atomic E-state index is 0.0436. The molecule has 0 spiro atoms. The lowest BCUT2D eigenvalue weighted by Gasteiger charge is -2.42. The Balaban J connectivity index is 1.04. The molecule has 0 unspecified atom stereocenters. The van der Waals surface area contributed by atoms with Crippen LogP contribution in [0.2, 0.25) is 10.0 Å². The molecule has 678 valence electrons. The maximum absolute atomic E-state index is 16.8. The van der Waals surface area contributed by atoms with Gasteiger partial charge in [-0.05, 0) is 134 Å². The largest absolute Gasteiger partial charge is 0.508 e. The Hall–Kier alpha value is -12.1. The molecule has 18 atom stereocenters. The van der Waals surface area contributed by atoms with Crippen LogP contribution in [0, 0.1) is 5.92 Å². The highest BCUT2D eigenvalue weighted by atomic mass is 35.5. The van der Waals surface area contributed by atoms with Crippen LogP contribution in [0.3, 0.4) is 0 Å². The third kappa shape index (κ3) is 20.5. The summed E-state index contributed by atoms with van der Waals surface area (Å²) in [5.74, 6) is -17.6. The monoisotopic (exact) mass is 1800 g/mol. The van der Waals surface area contributed by atoms with Gasteiger partial charge in [0, 0.05) is 54.3 Å². The molecule has 127 heavy (non-hydrogen) atoms. The number of nitrogens with zero attached hydrogens (tertiary/aromatic N) is 1. The van der Waals surface area contributed by atoms with Gasteiger partial charge in [0.25, 0.3) is 0 Å². The van der Waals surface area contributed by atoms with Crippen LogP contribution in [-0.2, 0) is 59.0 Å². The van der Waals surface area contributed by atoms with Crippen molar-refractivity contribution in [3.63, 3.8) is 0 Å². The van der Waals surface area contributed by atoms with Crippen LogP contribution in [-0.4, -0.2) is 224 Å². The van der Waals surface area contributed by atoms with Crippen molar-refractivity contribution in [1.29, 1.82) is 0 Å². The van der Waals surface area contributed by atoms with Gasteiger partial charge in [-0.25, -0.2) is 9.59 Å². The number of hydrogen-bond acceptors (Lipinski definition) is 29. The first-order valence-corrected chi connectivity index (χ1v) is 41.4. The van der Waals surface area contributed by atoms with Crippen molar-refractivity contribution in [2.45, 2.75) is 201 Å². The zero-order valence-corrected chi connectivity index (χ0v) is 70.5. The number of likely N-dealkylation sites (N-methyl/N-ethyl adjacent to an activating group) is 1. The van der Waals surface area contributed by atoms with E-state index in [0.29, 0.717) is 18.8 Å². The second-order valence-corrected chi connectivity index (χ2v) is 33.8. The number of ether oxygens (including phenoxy) is 8. The third-order valence-electron chi connectivity index (χ3n) is 22.2. The number of amides is 8. The summed E-state index contributed by atoms with van der Waals surface area (Å²) in [5, 5.41) is 165. The van der Waals surface area contributed by atoms with E-state index in [1.54, 1.807) is 20.8 Å². The lowest BCUT2D eigenvalue weighted by molar-refractivity contribution is -0.277. The number of carboxylic acids is 1. The minimum Gasteiger partial charge on any atom is -0.508 e. The second kappa shape index (κ2) is 38.6. The molecule has 8 heterocycles. The molecule has 0 aromatic heterocycles. The topological polar surface area (TPSA) is 578 Å². The first kappa shape index (κ1) is 92.6. The number of carboxylic acid groups (broad SMARTS) is 1. The molecule has 15 rings (SSSR count). The Morgan fingerprint density at radius 2 is 1.16 bits per heavy atom. The van der Waals surface area contributed by atoms with Crippen LogP contribution in [0.25, 0.3) is 11.1 Å². The van der Waals surface area contributed by atoms with Crippen LogP contribution >= 0.6 is 23.2 Å². The summed E-state index contributed by atoms with van der Waals surface area (Å²) < 4.78 is 50.3. The second-order valence-electron chi connectivity index (χ2n) is 33.0. The van der Waals surface area contributed by atoms with Gasteiger partial charge in [0.2, 0.25) is 59.7 Å². The van der Waals surface area contributed by atoms with Gasteiger partial charge in [-0.3, -0.25) is 38.5 Å². The standard InChI is InChI=1S/C87H96Cl2N8O30/c1-36(2)12-10-8-7-9-11-13-60(104)91-68-73(108)71(106)58(34-98)124-84(68)126-76-56-28-41-29-57(76)122-53-23-18-40(26-48(53)88)70(105)67-81(115)95-66(83(117)118)46-30-42(100)31-55(123-85-75(110)74(109)72(107)59(35-99)125-85)61(46)45-25-38(16-21-50(45)101)63(78(112)96-67)92-79(113)64(41)93-80(114)65-47-32-44(33-52(103)62(47)89)121-54-27-39(17-22-51(54)102)69(97(6)86(119)127-87(3,4)5)82(116)90-49(77(111)94-65)24-37-14-19-43(120-56)20-15-37/h14-23,25-33,36,49,58-59,63-75,84-85,98-103,105-110H,7-13,24,34-35H2,1-6H3,(H,90,116)(H,91,104)(H,92,113)(H,93,114)(H,94,111)(H,95,115)(H,96,112)(H,117,118)/t49-,58-,59-,63-,64-,65+,66-,67+,68-,69-,70-,71-,72-,73-,74+,75+,84+,85+/m1/s1. The highest BCUT2D eigenvalue weighted by Gasteiger charge is 2.50. The molecule has 2 saturated heterocycles. The summed E-state index contributed by atoms with van der Waals surface area (Å²) in [7, 11) is 1.22. The zero-order valence-electron chi connectivity index (χ0n) is 69.0. The molecule has 40 heteroatoms. The van der Waals surface area contributed by atoms with Gasteiger partial charge in [-0.2, -0.15) is 0 Å². The van der Waals surface area contributed by atoms with Crippen molar-refractivity contribution in [1.82, 2.24) is 42.1 Å². The van der Waals surface area contributed by atoms with Crippen molar-refractivity contribution in [3.8, 4) is 80.1 Å². The fourth-order valence-corrected chi connectivity index (χ4v) is 16.0. The van der Waals surface area contributed by atoms with Crippen molar-refractivity contribution >= 4 is 76.6 Å². The van der Waals surface area contributed by atoms with E-state index in [1.807, 2.05) is 0 Å². The number of phenolic OH excluding ortho intramolecular Hbond substituents is 4. The Labute approximate surface area is 734 Å². The Bertz CT molecular complexity index is 5370. The number of aliphatic hydroxyl groups excluding tert-OH is 8. The molecule has 8 amide bonds. The summed E-state index contributed by atoms with van der Waals surface area (Å²) in [6.45, 7) is 6.95. The number of rotatable bonds is 17. The van der Waals surface area contributed by atoms with E-state index < -0.39 is 295 Å². The number of carbonyl (C=O) groups excluding carboxylic acids is 8. The maximum Gasteiger partial charge on any atom is 0.410 e. The fourth-order valence-electron chi connectivity index (χ4n) is 15.6. The van der Waals surface area contributed by atoms with E-state index in [2.05, 4.69) is 51.1 Å². The number of phenols is 4. The molecule has 8 aliphatic heterocycles. The third-order valence-corrected chi connectivity index (χ3v) is 22.9. The number of benzene rings is 7. The number of aromatic hydroxyl groups is 4. The number of nitrogens with one attached hydrogen (secondary N) is 7. The van der Waals surface area contributed by atoms with E-state index in [-0.39, 0.29) is 28.9 Å². The summed E-state index contributed by atoms with van der Waals surface area (Å²) in [6.07, 6.45) is -17.0. The molecule has 7 aromatic rings. The maximum atomic E-state index is 16.8. The molecule has 7 aromatic carbocycles. The highest BCUT2D eigenvalue weighted by Crippen LogP contribution is 2.51. The number of carbonyl (C=O) groups is 9. The zero-order chi connectivity index (χ0) is 91.6. The Kier molecular flexibility index (Phi) is 28.2. The van der Waals surface area contributed by atoms with E-state index >= 15 is 28.8 Å². The van der Waals surface area contributed by atoms with Gasteiger partial charge in [-0.1, -0.05) is 99.5 Å². The minimum atomic E-state index is -2.47. The molecular weight excluding hydrogens is 1710 g/mol. The van der Waals surface area contributed by atoms with Crippen LogP contribution in [0.5, 0.6) is 69.0 Å². The van der Waals surface area contributed by atoms with E-state index in [1.165, 1.54) is 43.4 Å². The van der Waals surface area contributed by atoms with Crippen LogP contribution in [0.1, 0.15) is 155 Å². The Morgan fingerprint density at radius 1 is 0.551 bits per heavy atom. The average molecular weight is 1800 g/mol. The average Bonchev–Trinajstić information content (AvgIpc) is 0.759. The van der Waals surface area contributed by atoms with Gasteiger partial charge >= 0.3 is 12.1 Å². The highest BCUT2D eigenvalue weighted by molar-refractivity contribution is 6.33. The van der Waals surface area contributed by atoms with Crippen LogP contribution < -0.4 is 60.9 Å². The smallest absolute Gasteiger partial charge is 0.410 e. The molecule has 8 aliphatic rings. The number of unbranched alkanes of at least 4 members (excludes halogenated alkanes) is 4. The molecule has 20 N–H and O–H groups in total. The molecule has 38 nitrogen and oxygen atoms in total. The van der Waals surface area contributed by atoms with E-state index in [9.17, 15) is 80.8 Å². The van der Waals surface area contributed by atoms with Crippen LogP contribution in [0.4, 0.5) is 4.79 Å². The molecular formula is C87H96Cl2N8O30. The van der Waals surface area contributed by atoms with Crippen LogP contribution in [0.15, 0.2) is 115 Å². The number of fused-ring (bicyclic) bond motifs is 14. The van der Waals surface area contributed by atoms with Crippen molar-refractivity contribution in [2.24, 2.45) is 5.92 Å². The van der Waals surface area contributed by atoms with Crippen molar-refractivity contribution < 1.29 is 147 Å². The summed E-state index contributed by atoms with van der Waals surface area (Å²) in [5.41, 5.74) is -4.71. The quantitative estimate of drug-likeness (QED) is 0.0511. The molecule has 0 aliphatic carbocycles.